The Kier molecular flexibility index (Phi) is 1.75. The third kappa shape index (κ3) is 1.19. The van der Waals surface area contributed by atoms with Crippen molar-refractivity contribution < 1.29 is 0 Å². The molecule has 16 heavy (non-hydrogen) atoms. The van der Waals surface area contributed by atoms with Crippen molar-refractivity contribution in [3.8, 4) is 0 Å². The molecule has 4 aliphatic rings. The standard InChI is InChI=1S/C12H17N3S/c13-11-14-10(15-16-11)12-4-7-1-8(5-12)3-9(2-7)6-12/h7-9H,1-6H2,(H2,13,14,15). The van der Waals surface area contributed by atoms with Crippen molar-refractivity contribution in [2.75, 3.05) is 5.73 Å². The van der Waals surface area contributed by atoms with Crippen molar-refractivity contribution >= 4 is 16.7 Å². The van der Waals surface area contributed by atoms with Crippen LogP contribution in [0.25, 0.3) is 0 Å². The largest absolute Gasteiger partial charge is 0.374 e. The summed E-state index contributed by atoms with van der Waals surface area (Å²) in [6.07, 6.45) is 8.40. The Morgan fingerprint density at radius 3 is 2.06 bits per heavy atom. The van der Waals surface area contributed by atoms with Crippen LogP contribution in [0.15, 0.2) is 0 Å². The normalized spacial score (nSPS) is 45.1. The van der Waals surface area contributed by atoms with Gasteiger partial charge in [-0.15, -0.1) is 0 Å². The van der Waals surface area contributed by atoms with E-state index in [-0.39, 0.29) is 0 Å². The molecule has 0 radical (unpaired) electrons. The fourth-order valence-corrected chi connectivity index (χ4v) is 5.38. The van der Waals surface area contributed by atoms with E-state index < -0.39 is 0 Å². The first-order chi connectivity index (χ1) is 7.73. The van der Waals surface area contributed by atoms with E-state index in [2.05, 4.69) is 9.36 Å². The highest BCUT2D eigenvalue weighted by atomic mass is 32.1. The Morgan fingerprint density at radius 2 is 1.62 bits per heavy atom. The average Bonchev–Trinajstić information content (AvgIpc) is 2.63. The van der Waals surface area contributed by atoms with E-state index >= 15 is 0 Å². The number of anilines is 1. The molecule has 0 amide bonds. The average molecular weight is 235 g/mol. The summed E-state index contributed by atoms with van der Waals surface area (Å²) in [6.45, 7) is 0. The van der Waals surface area contributed by atoms with Crippen LogP contribution in [0.4, 0.5) is 5.13 Å². The van der Waals surface area contributed by atoms with Gasteiger partial charge in [0.15, 0.2) is 11.0 Å². The highest BCUT2D eigenvalue weighted by molar-refractivity contribution is 7.09. The molecule has 5 rings (SSSR count). The first kappa shape index (κ1) is 9.40. The summed E-state index contributed by atoms with van der Waals surface area (Å²) in [5.74, 6) is 3.94. The second-order valence-corrected chi connectivity index (χ2v) is 6.94. The maximum atomic E-state index is 5.74. The van der Waals surface area contributed by atoms with E-state index in [0.29, 0.717) is 10.5 Å². The summed E-state index contributed by atoms with van der Waals surface area (Å²) in [5.41, 5.74) is 6.06. The van der Waals surface area contributed by atoms with Gasteiger partial charge in [-0.3, -0.25) is 0 Å². The van der Waals surface area contributed by atoms with Crippen LogP contribution in [0.2, 0.25) is 0 Å². The predicted octanol–water partition coefficient (Wildman–Crippen LogP) is 2.59. The number of aromatic nitrogens is 2. The minimum Gasteiger partial charge on any atom is -0.374 e. The molecular weight excluding hydrogens is 218 g/mol. The minimum atomic E-state index is 0.322. The number of nitrogens with two attached hydrogens (primary N) is 1. The number of hydrogen-bond acceptors (Lipinski definition) is 4. The Balaban J connectivity index is 1.76. The molecule has 0 unspecified atom stereocenters. The highest BCUT2D eigenvalue weighted by Crippen LogP contribution is 2.60. The molecule has 4 bridgehead atoms. The SMILES string of the molecule is Nc1nc(C23CC4CC(CC(C4)C2)C3)ns1. The van der Waals surface area contributed by atoms with Gasteiger partial charge < -0.3 is 5.73 Å². The van der Waals surface area contributed by atoms with E-state index in [1.54, 1.807) is 0 Å². The van der Waals surface area contributed by atoms with E-state index in [4.69, 9.17) is 5.73 Å². The van der Waals surface area contributed by atoms with Crippen LogP contribution < -0.4 is 5.73 Å². The monoisotopic (exact) mass is 235 g/mol. The van der Waals surface area contributed by atoms with Gasteiger partial charge in [0.25, 0.3) is 0 Å². The molecule has 1 heterocycles. The van der Waals surface area contributed by atoms with Gasteiger partial charge in [0.1, 0.15) is 0 Å². The summed E-state index contributed by atoms with van der Waals surface area (Å²) in [6, 6.07) is 0. The van der Waals surface area contributed by atoms with Crippen molar-refractivity contribution in [3.05, 3.63) is 5.82 Å². The zero-order valence-corrected chi connectivity index (χ0v) is 10.2. The number of rotatable bonds is 1. The molecule has 1 aromatic heterocycles. The van der Waals surface area contributed by atoms with E-state index in [0.717, 1.165) is 23.6 Å². The molecule has 4 fully saturated rings. The van der Waals surface area contributed by atoms with Gasteiger partial charge in [-0.05, 0) is 56.3 Å². The molecule has 4 heteroatoms. The van der Waals surface area contributed by atoms with Crippen molar-refractivity contribution in [1.29, 1.82) is 0 Å². The van der Waals surface area contributed by atoms with Gasteiger partial charge in [0.05, 0.1) is 0 Å². The number of nitrogens with zero attached hydrogens (tertiary/aromatic N) is 2. The maximum Gasteiger partial charge on any atom is 0.199 e. The first-order valence-electron chi connectivity index (χ1n) is 6.33. The fourth-order valence-electron chi connectivity index (χ4n) is 4.84. The molecule has 4 aliphatic carbocycles. The predicted molar refractivity (Wildman–Crippen MR) is 64.2 cm³/mol. The minimum absolute atomic E-state index is 0.322. The van der Waals surface area contributed by atoms with E-state index in [9.17, 15) is 0 Å². The molecule has 86 valence electrons. The van der Waals surface area contributed by atoms with Gasteiger partial charge in [0.2, 0.25) is 0 Å². The van der Waals surface area contributed by atoms with Crippen molar-refractivity contribution in [2.24, 2.45) is 17.8 Å². The topological polar surface area (TPSA) is 51.8 Å². The maximum absolute atomic E-state index is 5.74. The molecule has 0 aromatic carbocycles. The lowest BCUT2D eigenvalue weighted by Crippen LogP contribution is -2.49. The lowest BCUT2D eigenvalue weighted by molar-refractivity contribution is -0.00879. The van der Waals surface area contributed by atoms with Crippen LogP contribution >= 0.6 is 11.5 Å². The molecule has 3 nitrogen and oxygen atoms in total. The van der Waals surface area contributed by atoms with Crippen LogP contribution in [0.3, 0.4) is 0 Å². The van der Waals surface area contributed by atoms with Crippen LogP contribution in [0.5, 0.6) is 0 Å². The second-order valence-electron chi connectivity index (χ2n) is 6.15. The zero-order valence-electron chi connectivity index (χ0n) is 9.35. The van der Waals surface area contributed by atoms with Gasteiger partial charge >= 0.3 is 0 Å². The molecule has 4 saturated carbocycles. The van der Waals surface area contributed by atoms with Crippen molar-refractivity contribution in [2.45, 2.75) is 43.9 Å². The fraction of sp³-hybridized carbons (Fsp3) is 0.833. The third-order valence-electron chi connectivity index (χ3n) is 4.95. The summed E-state index contributed by atoms with van der Waals surface area (Å²) >= 11 is 1.37. The molecule has 0 aliphatic heterocycles. The third-order valence-corrected chi connectivity index (χ3v) is 5.50. The van der Waals surface area contributed by atoms with Gasteiger partial charge in [-0.25, -0.2) is 4.98 Å². The Hall–Kier alpha value is -0.640. The Morgan fingerprint density at radius 1 is 1.06 bits per heavy atom. The smallest absolute Gasteiger partial charge is 0.199 e. The molecular formula is C12H17N3S. The number of nitrogen functional groups attached to an aromatic ring is 1. The molecule has 0 spiro atoms. The van der Waals surface area contributed by atoms with Gasteiger partial charge in [-0.1, -0.05) is 0 Å². The highest BCUT2D eigenvalue weighted by Gasteiger charge is 2.53. The van der Waals surface area contributed by atoms with E-state index in [1.165, 1.54) is 50.1 Å². The quantitative estimate of drug-likeness (QED) is 0.814. The Labute approximate surface area is 99.6 Å². The number of hydrogen-bond donors (Lipinski definition) is 1. The van der Waals surface area contributed by atoms with Crippen LogP contribution in [-0.4, -0.2) is 9.36 Å². The summed E-state index contributed by atoms with van der Waals surface area (Å²) < 4.78 is 4.51. The van der Waals surface area contributed by atoms with Gasteiger partial charge in [0, 0.05) is 16.9 Å². The summed E-state index contributed by atoms with van der Waals surface area (Å²) in [4.78, 5) is 4.49. The zero-order chi connectivity index (χ0) is 10.8. The molecule has 2 N–H and O–H groups in total. The van der Waals surface area contributed by atoms with E-state index in [1.807, 2.05) is 0 Å². The first-order valence-corrected chi connectivity index (χ1v) is 7.10. The summed E-state index contributed by atoms with van der Waals surface area (Å²) in [5, 5.41) is 0.644. The lowest BCUT2D eigenvalue weighted by atomic mass is 9.49. The Bertz CT molecular complexity index is 390. The molecule has 1 aromatic rings. The van der Waals surface area contributed by atoms with Crippen LogP contribution in [0, 0.1) is 17.8 Å². The van der Waals surface area contributed by atoms with Crippen molar-refractivity contribution in [3.63, 3.8) is 0 Å². The molecule has 0 saturated heterocycles. The molecule has 0 atom stereocenters. The second kappa shape index (κ2) is 2.97. The van der Waals surface area contributed by atoms with Crippen LogP contribution in [-0.2, 0) is 5.41 Å². The van der Waals surface area contributed by atoms with Crippen LogP contribution in [0.1, 0.15) is 44.3 Å². The van der Waals surface area contributed by atoms with Crippen molar-refractivity contribution in [1.82, 2.24) is 9.36 Å². The summed E-state index contributed by atoms with van der Waals surface area (Å²) in [7, 11) is 0. The van der Waals surface area contributed by atoms with Gasteiger partial charge in [-0.2, -0.15) is 4.37 Å². The lowest BCUT2D eigenvalue weighted by Gasteiger charge is -2.55.